The Bertz CT molecular complexity index is 873. The molecule has 1 fully saturated rings. The Kier molecular flexibility index (Phi) is 4.54. The second kappa shape index (κ2) is 7.14. The Labute approximate surface area is 153 Å². The van der Waals surface area contributed by atoms with Crippen molar-refractivity contribution in [2.75, 3.05) is 32.3 Å². The molecule has 0 aliphatic carbocycles. The minimum atomic E-state index is -0.120. The molecule has 5 heteroatoms. The number of aromatic nitrogens is 1. The first kappa shape index (κ1) is 16.5. The maximum atomic E-state index is 6.03. The summed E-state index contributed by atoms with van der Waals surface area (Å²) in [6.07, 6.45) is 4.05. The van der Waals surface area contributed by atoms with Gasteiger partial charge in [0, 0.05) is 30.2 Å². The molecular formula is C21H22N2O3. The van der Waals surface area contributed by atoms with E-state index in [0.717, 1.165) is 35.0 Å². The van der Waals surface area contributed by atoms with Gasteiger partial charge in [0.05, 0.1) is 26.5 Å². The maximum absolute atomic E-state index is 6.03. The average molecular weight is 350 g/mol. The van der Waals surface area contributed by atoms with E-state index in [4.69, 9.17) is 14.2 Å². The zero-order valence-corrected chi connectivity index (χ0v) is 15.0. The van der Waals surface area contributed by atoms with E-state index >= 15 is 0 Å². The van der Waals surface area contributed by atoms with Crippen LogP contribution in [0.3, 0.4) is 0 Å². The van der Waals surface area contributed by atoms with E-state index in [1.807, 2.05) is 42.5 Å². The minimum absolute atomic E-state index is 0.120. The first-order valence-electron chi connectivity index (χ1n) is 8.64. The quantitative estimate of drug-likeness (QED) is 0.696. The molecule has 1 saturated heterocycles. The van der Waals surface area contributed by atoms with Crippen LogP contribution in [-0.4, -0.2) is 31.9 Å². The highest BCUT2D eigenvalue weighted by Gasteiger charge is 2.29. The topological polar surface area (TPSA) is 35.9 Å². The third-order valence-electron chi connectivity index (χ3n) is 4.66. The third-order valence-corrected chi connectivity index (χ3v) is 4.66. The number of ether oxygens (including phenoxy) is 3. The first-order chi connectivity index (χ1) is 12.8. The molecule has 4 rings (SSSR count). The van der Waals surface area contributed by atoms with Crippen LogP contribution in [-0.2, 0) is 4.74 Å². The lowest BCUT2D eigenvalue weighted by Gasteiger charge is -2.26. The second-order valence-corrected chi connectivity index (χ2v) is 6.14. The first-order valence-corrected chi connectivity index (χ1v) is 8.64. The molecule has 1 aliphatic heterocycles. The van der Waals surface area contributed by atoms with Crippen LogP contribution in [0, 0.1) is 0 Å². The van der Waals surface area contributed by atoms with Crippen molar-refractivity contribution in [2.24, 2.45) is 0 Å². The molecule has 3 aromatic rings. The molecule has 0 amide bonds. The zero-order chi connectivity index (χ0) is 17.9. The summed E-state index contributed by atoms with van der Waals surface area (Å²) < 4.78 is 18.9. The molecule has 2 aromatic carbocycles. The van der Waals surface area contributed by atoms with Crippen LogP contribution in [0.15, 0.2) is 67.0 Å². The highest BCUT2D eigenvalue weighted by Crippen LogP contribution is 2.37. The number of nitrogens with zero attached hydrogens (tertiary/aromatic N) is 2. The molecule has 5 nitrogen and oxygen atoms in total. The van der Waals surface area contributed by atoms with E-state index in [9.17, 15) is 0 Å². The molecule has 26 heavy (non-hydrogen) atoms. The number of methoxy groups -OCH3 is 2. The van der Waals surface area contributed by atoms with Crippen molar-refractivity contribution in [3.8, 4) is 17.2 Å². The van der Waals surface area contributed by atoms with Crippen LogP contribution in [0.25, 0.3) is 5.69 Å². The maximum Gasteiger partial charge on any atom is 0.158 e. The highest BCUT2D eigenvalue weighted by atomic mass is 16.5. The van der Waals surface area contributed by atoms with Crippen LogP contribution >= 0.6 is 0 Å². The molecule has 0 saturated carbocycles. The molecule has 0 spiro atoms. The largest absolute Gasteiger partial charge is 0.497 e. The summed E-state index contributed by atoms with van der Waals surface area (Å²) in [7, 11) is 3.37. The highest BCUT2D eigenvalue weighted by molar-refractivity contribution is 5.60. The molecule has 0 radical (unpaired) electrons. The van der Waals surface area contributed by atoms with Crippen molar-refractivity contribution in [3.63, 3.8) is 0 Å². The Morgan fingerprint density at radius 1 is 0.962 bits per heavy atom. The summed E-state index contributed by atoms with van der Waals surface area (Å²) in [4.78, 5) is 2.24. The van der Waals surface area contributed by atoms with Crippen LogP contribution in [0.1, 0.15) is 11.8 Å². The van der Waals surface area contributed by atoms with E-state index in [1.54, 1.807) is 14.2 Å². The lowest BCUT2D eigenvalue weighted by Crippen LogP contribution is -2.23. The van der Waals surface area contributed by atoms with Gasteiger partial charge in [0.2, 0.25) is 0 Å². The van der Waals surface area contributed by atoms with Gasteiger partial charge >= 0.3 is 0 Å². The number of hydrogen-bond donors (Lipinski definition) is 0. The van der Waals surface area contributed by atoms with Crippen LogP contribution < -0.4 is 14.4 Å². The summed E-state index contributed by atoms with van der Waals surface area (Å²) in [6, 6.07) is 18.2. The molecule has 1 aromatic heterocycles. The number of anilines is 1. The van der Waals surface area contributed by atoms with Crippen molar-refractivity contribution in [1.29, 1.82) is 0 Å². The molecule has 1 aliphatic rings. The van der Waals surface area contributed by atoms with E-state index in [1.165, 1.54) is 0 Å². The van der Waals surface area contributed by atoms with Crippen molar-refractivity contribution in [1.82, 2.24) is 4.57 Å². The number of benzene rings is 2. The standard InChI is InChI=1S/C21H22N2O3/c1-24-18-9-7-17(8-10-18)22-12-11-16(15-22)21-23(13-14-26-21)19-5-3-4-6-20(19)25-2/h3-12,15,21H,13-14H2,1-2H3/t21-/m0/s1. The summed E-state index contributed by atoms with van der Waals surface area (Å²) in [6.45, 7) is 1.52. The normalized spacial score (nSPS) is 16.7. The van der Waals surface area contributed by atoms with Crippen LogP contribution in [0.5, 0.6) is 11.5 Å². The summed E-state index contributed by atoms with van der Waals surface area (Å²) in [5.74, 6) is 1.71. The Morgan fingerprint density at radius 3 is 2.54 bits per heavy atom. The smallest absolute Gasteiger partial charge is 0.158 e. The summed E-state index contributed by atoms with van der Waals surface area (Å²) in [5, 5.41) is 0. The van der Waals surface area contributed by atoms with Crippen molar-refractivity contribution < 1.29 is 14.2 Å². The molecule has 2 heterocycles. The fourth-order valence-corrected chi connectivity index (χ4v) is 3.33. The second-order valence-electron chi connectivity index (χ2n) is 6.14. The fraction of sp³-hybridized carbons (Fsp3) is 0.238. The molecule has 0 N–H and O–H groups in total. The van der Waals surface area contributed by atoms with E-state index < -0.39 is 0 Å². The number of hydrogen-bond acceptors (Lipinski definition) is 4. The van der Waals surface area contributed by atoms with Gasteiger partial charge in [-0.05, 0) is 42.5 Å². The van der Waals surface area contributed by atoms with Gasteiger partial charge in [-0.2, -0.15) is 0 Å². The van der Waals surface area contributed by atoms with E-state index in [0.29, 0.717) is 6.61 Å². The van der Waals surface area contributed by atoms with Gasteiger partial charge in [-0.1, -0.05) is 12.1 Å². The minimum Gasteiger partial charge on any atom is -0.497 e. The molecule has 0 bridgehead atoms. The predicted molar refractivity (Wildman–Crippen MR) is 101 cm³/mol. The van der Waals surface area contributed by atoms with Crippen LogP contribution in [0.2, 0.25) is 0 Å². The Hall–Kier alpha value is -2.92. The molecule has 134 valence electrons. The Balaban J connectivity index is 1.61. The fourth-order valence-electron chi connectivity index (χ4n) is 3.33. The van der Waals surface area contributed by atoms with Crippen LogP contribution in [0.4, 0.5) is 5.69 Å². The monoisotopic (exact) mass is 350 g/mol. The molecule has 0 unspecified atom stereocenters. The lowest BCUT2D eigenvalue weighted by atomic mass is 10.2. The van der Waals surface area contributed by atoms with Crippen molar-refractivity contribution >= 4 is 5.69 Å². The molecule has 1 atom stereocenters. The summed E-state index contributed by atoms with van der Waals surface area (Å²) in [5.41, 5.74) is 3.25. The van der Waals surface area contributed by atoms with Gasteiger partial charge in [0.15, 0.2) is 6.23 Å². The predicted octanol–water partition coefficient (Wildman–Crippen LogP) is 4.03. The van der Waals surface area contributed by atoms with Gasteiger partial charge in [-0.3, -0.25) is 0 Å². The van der Waals surface area contributed by atoms with Gasteiger partial charge in [0.25, 0.3) is 0 Å². The zero-order valence-electron chi connectivity index (χ0n) is 15.0. The lowest BCUT2D eigenvalue weighted by molar-refractivity contribution is 0.113. The Morgan fingerprint density at radius 2 is 1.77 bits per heavy atom. The SMILES string of the molecule is COc1ccc(-n2ccc([C@@H]3OCCN3c3ccccc3OC)c2)cc1. The number of para-hydroxylation sites is 2. The summed E-state index contributed by atoms with van der Waals surface area (Å²) >= 11 is 0. The van der Waals surface area contributed by atoms with Gasteiger partial charge < -0.3 is 23.7 Å². The third kappa shape index (κ3) is 3.02. The van der Waals surface area contributed by atoms with Gasteiger partial charge in [-0.25, -0.2) is 0 Å². The number of rotatable bonds is 5. The van der Waals surface area contributed by atoms with Crippen molar-refractivity contribution in [2.45, 2.75) is 6.23 Å². The van der Waals surface area contributed by atoms with E-state index in [2.05, 4.69) is 34.0 Å². The average Bonchev–Trinajstić information content (AvgIpc) is 3.37. The van der Waals surface area contributed by atoms with E-state index in [-0.39, 0.29) is 6.23 Å². The van der Waals surface area contributed by atoms with Gasteiger partial charge in [-0.15, -0.1) is 0 Å². The van der Waals surface area contributed by atoms with Crippen molar-refractivity contribution in [3.05, 3.63) is 72.6 Å². The van der Waals surface area contributed by atoms with Gasteiger partial charge in [0.1, 0.15) is 11.5 Å². The molecular weight excluding hydrogens is 328 g/mol.